The van der Waals surface area contributed by atoms with Gasteiger partial charge in [0, 0.05) is 24.9 Å². The van der Waals surface area contributed by atoms with Crippen LogP contribution in [0.4, 0.5) is 0 Å². The third-order valence-corrected chi connectivity index (χ3v) is 3.43. The Hall–Kier alpha value is -0.830. The lowest BCUT2D eigenvalue weighted by atomic mass is 9.59. The molecule has 0 bridgehead atoms. The fourth-order valence-electron chi connectivity index (χ4n) is 2.13. The molecule has 3 nitrogen and oxygen atoms in total. The monoisotopic (exact) mass is 180 g/mol. The Morgan fingerprint density at radius 1 is 1.62 bits per heavy atom. The summed E-state index contributed by atoms with van der Waals surface area (Å²) in [5, 5.41) is 13.8. The van der Waals surface area contributed by atoms with Crippen LogP contribution >= 0.6 is 0 Å². The Balaban J connectivity index is 2.26. The summed E-state index contributed by atoms with van der Waals surface area (Å²) in [5.74, 6) is 0.454. The maximum atomic E-state index is 9.61. The van der Waals surface area contributed by atoms with Gasteiger partial charge in [-0.15, -0.1) is 0 Å². The van der Waals surface area contributed by atoms with E-state index >= 15 is 0 Å². The van der Waals surface area contributed by atoms with Crippen molar-refractivity contribution in [1.29, 1.82) is 0 Å². The third-order valence-electron chi connectivity index (χ3n) is 3.43. The van der Waals surface area contributed by atoms with Gasteiger partial charge in [0.15, 0.2) is 0 Å². The summed E-state index contributed by atoms with van der Waals surface area (Å²) in [6.45, 7) is 4.22. The van der Waals surface area contributed by atoms with E-state index in [4.69, 9.17) is 0 Å². The molecule has 1 aliphatic rings. The van der Waals surface area contributed by atoms with Crippen molar-refractivity contribution in [2.45, 2.75) is 32.3 Å². The molecule has 0 spiro atoms. The van der Waals surface area contributed by atoms with E-state index in [0.29, 0.717) is 5.92 Å². The highest BCUT2D eigenvalue weighted by atomic mass is 16.3. The first-order valence-corrected chi connectivity index (χ1v) is 4.69. The summed E-state index contributed by atoms with van der Waals surface area (Å²) in [5.41, 5.74) is 1.24. The molecule has 1 heterocycles. The summed E-state index contributed by atoms with van der Waals surface area (Å²) in [4.78, 5) is 0. The Morgan fingerprint density at radius 2 is 2.31 bits per heavy atom. The quantitative estimate of drug-likeness (QED) is 0.707. The van der Waals surface area contributed by atoms with Crippen LogP contribution in [0.2, 0.25) is 0 Å². The van der Waals surface area contributed by atoms with Gasteiger partial charge in [-0.1, -0.05) is 13.8 Å². The minimum Gasteiger partial charge on any atom is -0.393 e. The van der Waals surface area contributed by atoms with Crippen molar-refractivity contribution in [3.05, 3.63) is 18.0 Å². The molecule has 2 atom stereocenters. The van der Waals surface area contributed by atoms with Crippen LogP contribution < -0.4 is 0 Å². The maximum Gasteiger partial charge on any atom is 0.0604 e. The van der Waals surface area contributed by atoms with Gasteiger partial charge in [-0.3, -0.25) is 4.68 Å². The molecule has 13 heavy (non-hydrogen) atoms. The van der Waals surface area contributed by atoms with E-state index in [1.807, 2.05) is 24.0 Å². The van der Waals surface area contributed by atoms with Gasteiger partial charge >= 0.3 is 0 Å². The lowest BCUT2D eigenvalue weighted by Gasteiger charge is -2.49. The topological polar surface area (TPSA) is 38.0 Å². The Bertz CT molecular complexity index is 316. The molecular formula is C10H16N2O. The van der Waals surface area contributed by atoms with Crippen LogP contribution in [-0.4, -0.2) is 21.0 Å². The minimum absolute atomic E-state index is 0.00773. The Kier molecular flexibility index (Phi) is 1.74. The number of hydrogen-bond acceptors (Lipinski definition) is 2. The second kappa shape index (κ2) is 2.58. The number of aliphatic hydroxyl groups is 1. The third kappa shape index (κ3) is 1.10. The van der Waals surface area contributed by atoms with Crippen molar-refractivity contribution in [2.75, 3.05) is 0 Å². The van der Waals surface area contributed by atoms with Crippen LogP contribution in [0.15, 0.2) is 12.3 Å². The fraction of sp³-hybridized carbons (Fsp3) is 0.700. The van der Waals surface area contributed by atoms with Gasteiger partial charge in [-0.25, -0.2) is 0 Å². The Morgan fingerprint density at radius 3 is 2.69 bits per heavy atom. The SMILES string of the molecule is Cn1nccc1C1CC(O)C1(C)C. The van der Waals surface area contributed by atoms with Gasteiger partial charge in [0.1, 0.15) is 0 Å². The molecule has 0 amide bonds. The van der Waals surface area contributed by atoms with E-state index in [1.165, 1.54) is 5.69 Å². The molecule has 3 heteroatoms. The number of aromatic nitrogens is 2. The van der Waals surface area contributed by atoms with Crippen LogP contribution in [0, 0.1) is 5.41 Å². The van der Waals surface area contributed by atoms with E-state index in [9.17, 15) is 5.11 Å². The average Bonchev–Trinajstić information content (AvgIpc) is 2.47. The van der Waals surface area contributed by atoms with E-state index in [0.717, 1.165) is 6.42 Å². The molecule has 2 rings (SSSR count). The number of aryl methyl sites for hydroxylation is 1. The first-order valence-electron chi connectivity index (χ1n) is 4.69. The highest BCUT2D eigenvalue weighted by Gasteiger charge is 2.48. The van der Waals surface area contributed by atoms with Gasteiger partial charge in [0.05, 0.1) is 6.10 Å². The highest BCUT2D eigenvalue weighted by Crippen LogP contribution is 2.52. The van der Waals surface area contributed by atoms with Gasteiger partial charge in [0.2, 0.25) is 0 Å². The summed E-state index contributed by atoms with van der Waals surface area (Å²) < 4.78 is 1.90. The molecule has 1 aromatic heterocycles. The van der Waals surface area contributed by atoms with E-state index in [-0.39, 0.29) is 11.5 Å². The zero-order valence-electron chi connectivity index (χ0n) is 8.36. The van der Waals surface area contributed by atoms with E-state index in [1.54, 1.807) is 0 Å². The van der Waals surface area contributed by atoms with Crippen molar-refractivity contribution >= 4 is 0 Å². The van der Waals surface area contributed by atoms with Gasteiger partial charge in [-0.2, -0.15) is 5.10 Å². The number of aliphatic hydroxyl groups excluding tert-OH is 1. The molecule has 0 saturated heterocycles. The largest absolute Gasteiger partial charge is 0.393 e. The molecule has 0 radical (unpaired) electrons. The molecule has 1 saturated carbocycles. The van der Waals surface area contributed by atoms with Crippen LogP contribution in [0.3, 0.4) is 0 Å². The molecular weight excluding hydrogens is 164 g/mol. The van der Waals surface area contributed by atoms with E-state index < -0.39 is 0 Å². The lowest BCUT2D eigenvalue weighted by molar-refractivity contribution is -0.0649. The van der Waals surface area contributed by atoms with Crippen LogP contribution in [-0.2, 0) is 7.05 Å². The van der Waals surface area contributed by atoms with Crippen LogP contribution in [0.5, 0.6) is 0 Å². The molecule has 2 unspecified atom stereocenters. The zero-order chi connectivity index (χ0) is 9.64. The van der Waals surface area contributed by atoms with Crippen LogP contribution in [0.1, 0.15) is 31.9 Å². The number of rotatable bonds is 1. The number of nitrogens with zero attached hydrogens (tertiary/aromatic N) is 2. The zero-order valence-corrected chi connectivity index (χ0v) is 8.36. The van der Waals surface area contributed by atoms with Crippen LogP contribution in [0.25, 0.3) is 0 Å². The van der Waals surface area contributed by atoms with E-state index in [2.05, 4.69) is 18.9 Å². The van der Waals surface area contributed by atoms with Gasteiger partial charge < -0.3 is 5.11 Å². The maximum absolute atomic E-state index is 9.61. The molecule has 1 N–H and O–H groups in total. The van der Waals surface area contributed by atoms with Crippen molar-refractivity contribution in [3.63, 3.8) is 0 Å². The van der Waals surface area contributed by atoms with Gasteiger partial charge in [-0.05, 0) is 17.9 Å². The standard InChI is InChI=1S/C10H16N2O/c1-10(2)7(6-9(10)13)8-4-5-11-12(8)3/h4-5,7,9,13H,6H2,1-3H3. The molecule has 1 fully saturated rings. The molecule has 0 aliphatic heterocycles. The summed E-state index contributed by atoms with van der Waals surface area (Å²) >= 11 is 0. The highest BCUT2D eigenvalue weighted by molar-refractivity contribution is 5.18. The van der Waals surface area contributed by atoms with Crippen molar-refractivity contribution in [2.24, 2.45) is 12.5 Å². The summed E-state index contributed by atoms with van der Waals surface area (Å²) in [6, 6.07) is 2.04. The Labute approximate surface area is 78.4 Å². The molecule has 0 aromatic carbocycles. The fourth-order valence-corrected chi connectivity index (χ4v) is 2.13. The normalized spacial score (nSPS) is 31.4. The first-order chi connectivity index (χ1) is 6.03. The molecule has 72 valence electrons. The van der Waals surface area contributed by atoms with Crippen molar-refractivity contribution < 1.29 is 5.11 Å². The summed E-state index contributed by atoms with van der Waals surface area (Å²) in [6.07, 6.45) is 2.52. The predicted molar refractivity (Wildman–Crippen MR) is 50.4 cm³/mol. The summed E-state index contributed by atoms with van der Waals surface area (Å²) in [7, 11) is 1.95. The van der Waals surface area contributed by atoms with Crippen molar-refractivity contribution in [1.82, 2.24) is 9.78 Å². The smallest absolute Gasteiger partial charge is 0.0604 e. The predicted octanol–water partition coefficient (Wildman–Crippen LogP) is 1.29. The van der Waals surface area contributed by atoms with Crippen molar-refractivity contribution in [3.8, 4) is 0 Å². The number of hydrogen-bond donors (Lipinski definition) is 1. The lowest BCUT2D eigenvalue weighted by Crippen LogP contribution is -2.47. The second-order valence-corrected chi connectivity index (χ2v) is 4.51. The van der Waals surface area contributed by atoms with Gasteiger partial charge in [0.25, 0.3) is 0 Å². The molecule has 1 aromatic rings. The molecule has 1 aliphatic carbocycles. The average molecular weight is 180 g/mol. The minimum atomic E-state index is -0.160. The first kappa shape index (κ1) is 8.75. The second-order valence-electron chi connectivity index (χ2n) is 4.51.